The molecule has 0 amide bonds. The molecule has 0 heterocycles. The topological polar surface area (TPSA) is 66.6 Å². The Morgan fingerprint density at radius 1 is 1.50 bits per heavy atom. The highest BCUT2D eigenvalue weighted by molar-refractivity contribution is 5.90. The lowest BCUT2D eigenvalue weighted by Crippen LogP contribution is -2.14. The number of nitrogen functional groups attached to an aromatic ring is 1. The molecule has 1 aromatic carbocycles. The molecule has 0 aromatic heterocycles. The van der Waals surface area contributed by atoms with Gasteiger partial charge in [0.2, 0.25) is 0 Å². The minimum absolute atomic E-state index is 0.277. The number of rotatable bonds is 3. The normalized spacial score (nSPS) is 10.5. The summed E-state index contributed by atoms with van der Waals surface area (Å²) in [6, 6.07) is 4.95. The second-order valence-electron chi connectivity index (χ2n) is 3.46. The summed E-state index contributed by atoms with van der Waals surface area (Å²) in [5.74, 6) is -0.936. The van der Waals surface area contributed by atoms with Crippen LogP contribution in [0.15, 0.2) is 18.2 Å². The van der Waals surface area contributed by atoms with Gasteiger partial charge in [0, 0.05) is 12.2 Å². The minimum atomic E-state index is -0.936. The molecule has 0 fully saturated rings. The number of hydrogen-bond donors (Lipinski definition) is 2. The van der Waals surface area contributed by atoms with Crippen molar-refractivity contribution in [2.24, 2.45) is 0 Å². The number of carbonyl (C=O) groups is 1. The third-order valence-electron chi connectivity index (χ3n) is 1.85. The molecule has 0 aliphatic heterocycles. The Kier molecular flexibility index (Phi) is 3.09. The van der Waals surface area contributed by atoms with E-state index >= 15 is 0 Å². The van der Waals surface area contributed by atoms with Crippen LogP contribution in [0.3, 0.4) is 0 Å². The molecule has 1 rings (SSSR count). The van der Waals surface area contributed by atoms with E-state index in [4.69, 9.17) is 10.8 Å². The Hall–Kier alpha value is -1.55. The second kappa shape index (κ2) is 4.11. The fourth-order valence-corrected chi connectivity index (χ4v) is 1.27. The van der Waals surface area contributed by atoms with Crippen molar-refractivity contribution in [1.29, 1.82) is 0 Å². The van der Waals surface area contributed by atoms with Crippen LogP contribution in [0.1, 0.15) is 15.9 Å². The van der Waals surface area contributed by atoms with Crippen LogP contribution in [0.2, 0.25) is 0 Å². The van der Waals surface area contributed by atoms with Crippen molar-refractivity contribution in [2.75, 3.05) is 19.8 Å². The first kappa shape index (κ1) is 10.5. The van der Waals surface area contributed by atoms with Gasteiger partial charge in [-0.2, -0.15) is 0 Å². The maximum Gasteiger partial charge on any atom is 0.336 e. The molecule has 0 aliphatic rings. The van der Waals surface area contributed by atoms with Crippen molar-refractivity contribution in [3.8, 4) is 0 Å². The van der Waals surface area contributed by atoms with Crippen LogP contribution in [0.5, 0.6) is 0 Å². The smallest absolute Gasteiger partial charge is 0.336 e. The van der Waals surface area contributed by atoms with Crippen LogP contribution in [-0.4, -0.2) is 30.1 Å². The second-order valence-corrected chi connectivity index (χ2v) is 3.46. The van der Waals surface area contributed by atoms with E-state index in [1.54, 1.807) is 12.1 Å². The number of hydrogen-bond acceptors (Lipinski definition) is 3. The average Bonchev–Trinajstić information content (AvgIpc) is 2.07. The first-order chi connectivity index (χ1) is 6.50. The lowest BCUT2D eigenvalue weighted by Gasteiger charge is -2.12. The summed E-state index contributed by atoms with van der Waals surface area (Å²) < 4.78 is 0. The molecular weight excluding hydrogens is 180 g/mol. The van der Waals surface area contributed by atoms with Gasteiger partial charge in [-0.05, 0) is 31.8 Å². The molecule has 0 saturated heterocycles. The van der Waals surface area contributed by atoms with Crippen LogP contribution in [0, 0.1) is 0 Å². The number of nitrogens with zero attached hydrogens (tertiary/aromatic N) is 1. The molecule has 76 valence electrons. The monoisotopic (exact) mass is 194 g/mol. The molecule has 3 N–H and O–H groups in total. The summed E-state index contributed by atoms with van der Waals surface area (Å²) in [4.78, 5) is 12.8. The molecule has 0 unspecified atom stereocenters. The molecule has 0 bridgehead atoms. The predicted octanol–water partition coefficient (Wildman–Crippen LogP) is 1.03. The number of benzene rings is 1. The Bertz CT molecular complexity index is 348. The van der Waals surface area contributed by atoms with Gasteiger partial charge >= 0.3 is 5.97 Å². The molecule has 0 atom stereocenters. The van der Waals surface area contributed by atoms with Gasteiger partial charge in [0.25, 0.3) is 0 Å². The summed E-state index contributed by atoms with van der Waals surface area (Å²) in [5.41, 5.74) is 7.05. The summed E-state index contributed by atoms with van der Waals surface area (Å²) >= 11 is 0. The molecule has 0 saturated carbocycles. The molecule has 0 aliphatic carbocycles. The maximum atomic E-state index is 10.9. The Morgan fingerprint density at radius 2 is 2.14 bits per heavy atom. The molecule has 4 heteroatoms. The van der Waals surface area contributed by atoms with E-state index in [1.165, 1.54) is 6.07 Å². The maximum absolute atomic E-state index is 10.9. The zero-order valence-corrected chi connectivity index (χ0v) is 8.32. The van der Waals surface area contributed by atoms with Gasteiger partial charge in [-0.1, -0.05) is 6.07 Å². The van der Waals surface area contributed by atoms with E-state index in [9.17, 15) is 4.79 Å². The van der Waals surface area contributed by atoms with Gasteiger partial charge in [0.15, 0.2) is 0 Å². The highest BCUT2D eigenvalue weighted by Gasteiger charge is 2.10. The van der Waals surface area contributed by atoms with E-state index in [-0.39, 0.29) is 5.56 Å². The summed E-state index contributed by atoms with van der Waals surface area (Å²) in [6.45, 7) is 0.599. The molecule has 0 radical (unpaired) electrons. The van der Waals surface area contributed by atoms with E-state index in [2.05, 4.69) is 0 Å². The van der Waals surface area contributed by atoms with E-state index in [0.717, 1.165) is 5.56 Å². The Morgan fingerprint density at radius 3 is 2.64 bits per heavy atom. The van der Waals surface area contributed by atoms with Gasteiger partial charge in [-0.25, -0.2) is 4.79 Å². The quantitative estimate of drug-likeness (QED) is 0.705. The fraction of sp³-hybridized carbons (Fsp3) is 0.300. The number of nitrogens with two attached hydrogens (primary N) is 1. The third-order valence-corrected chi connectivity index (χ3v) is 1.85. The van der Waals surface area contributed by atoms with Crippen molar-refractivity contribution in [3.05, 3.63) is 29.3 Å². The van der Waals surface area contributed by atoms with E-state index in [1.807, 2.05) is 19.0 Å². The Labute approximate surface area is 82.9 Å². The van der Waals surface area contributed by atoms with Crippen LogP contribution in [0.25, 0.3) is 0 Å². The van der Waals surface area contributed by atoms with Gasteiger partial charge in [-0.3, -0.25) is 0 Å². The lowest BCUT2D eigenvalue weighted by molar-refractivity contribution is 0.0695. The van der Waals surface area contributed by atoms with E-state index in [0.29, 0.717) is 12.2 Å². The summed E-state index contributed by atoms with van der Waals surface area (Å²) in [5, 5.41) is 8.93. The fourth-order valence-electron chi connectivity index (χ4n) is 1.27. The zero-order chi connectivity index (χ0) is 10.7. The van der Waals surface area contributed by atoms with Gasteiger partial charge in [-0.15, -0.1) is 0 Å². The van der Waals surface area contributed by atoms with Crippen molar-refractivity contribution in [1.82, 2.24) is 4.90 Å². The molecule has 14 heavy (non-hydrogen) atoms. The van der Waals surface area contributed by atoms with Crippen LogP contribution in [0.4, 0.5) is 5.69 Å². The van der Waals surface area contributed by atoms with Crippen molar-refractivity contribution >= 4 is 11.7 Å². The molecule has 4 nitrogen and oxygen atoms in total. The Balaban J connectivity index is 3.08. The zero-order valence-electron chi connectivity index (χ0n) is 8.32. The minimum Gasteiger partial charge on any atom is -0.478 e. The largest absolute Gasteiger partial charge is 0.478 e. The van der Waals surface area contributed by atoms with Gasteiger partial charge in [0.1, 0.15) is 0 Å². The molecular formula is C10H14N2O2. The highest BCUT2D eigenvalue weighted by Crippen LogP contribution is 2.14. The molecule has 1 aromatic rings. The van der Waals surface area contributed by atoms with Crippen LogP contribution in [-0.2, 0) is 6.54 Å². The first-order valence-electron chi connectivity index (χ1n) is 4.27. The standard InChI is InChI=1S/C10H14N2O2/c1-12(2)6-7-3-4-8(11)5-9(7)10(13)14/h3-5H,6,11H2,1-2H3,(H,13,14). The summed E-state index contributed by atoms with van der Waals surface area (Å²) in [6.07, 6.45) is 0. The SMILES string of the molecule is CN(C)Cc1ccc(N)cc1C(=O)O. The average molecular weight is 194 g/mol. The molecule has 0 spiro atoms. The first-order valence-corrected chi connectivity index (χ1v) is 4.27. The third kappa shape index (κ3) is 2.47. The number of aromatic carboxylic acids is 1. The number of carboxylic acid groups (broad SMARTS) is 1. The van der Waals surface area contributed by atoms with Crippen molar-refractivity contribution < 1.29 is 9.90 Å². The summed E-state index contributed by atoms with van der Waals surface area (Å²) in [7, 11) is 3.78. The predicted molar refractivity (Wildman–Crippen MR) is 55.2 cm³/mol. The van der Waals surface area contributed by atoms with E-state index < -0.39 is 5.97 Å². The van der Waals surface area contributed by atoms with Crippen molar-refractivity contribution in [2.45, 2.75) is 6.54 Å². The van der Waals surface area contributed by atoms with Gasteiger partial charge < -0.3 is 15.7 Å². The number of anilines is 1. The lowest BCUT2D eigenvalue weighted by atomic mass is 10.1. The van der Waals surface area contributed by atoms with Gasteiger partial charge in [0.05, 0.1) is 5.56 Å². The number of carboxylic acids is 1. The van der Waals surface area contributed by atoms with Crippen molar-refractivity contribution in [3.63, 3.8) is 0 Å². The highest BCUT2D eigenvalue weighted by atomic mass is 16.4. The van der Waals surface area contributed by atoms with Crippen LogP contribution >= 0.6 is 0 Å². The van der Waals surface area contributed by atoms with Crippen LogP contribution < -0.4 is 5.73 Å².